The van der Waals surface area contributed by atoms with Gasteiger partial charge in [-0.3, -0.25) is 4.98 Å². The molecule has 0 radical (unpaired) electrons. The average Bonchev–Trinajstić information content (AvgIpc) is 2.46. The highest BCUT2D eigenvalue weighted by atomic mass is 19.4. The second-order valence-corrected chi connectivity index (χ2v) is 4.21. The van der Waals surface area contributed by atoms with Crippen molar-refractivity contribution in [3.05, 3.63) is 53.2 Å². The van der Waals surface area contributed by atoms with Gasteiger partial charge in [-0.05, 0) is 24.3 Å². The first kappa shape index (κ1) is 15.9. The standard InChI is InChI=1S/C14H8F5NO2/c1-22-13(21)9-4-5-20-12(11(9)16)8-3-2-7(6-10(8)15)14(17,18)19/h2-6H,1H3. The van der Waals surface area contributed by atoms with Crippen LogP contribution in [0.3, 0.4) is 0 Å². The van der Waals surface area contributed by atoms with E-state index in [1.165, 1.54) is 0 Å². The van der Waals surface area contributed by atoms with Gasteiger partial charge in [-0.15, -0.1) is 0 Å². The Bertz CT molecular complexity index is 728. The van der Waals surface area contributed by atoms with E-state index in [0.717, 1.165) is 25.4 Å². The van der Waals surface area contributed by atoms with Crippen molar-refractivity contribution in [1.82, 2.24) is 4.98 Å². The normalized spacial score (nSPS) is 11.4. The SMILES string of the molecule is COC(=O)c1ccnc(-c2ccc(C(F)(F)F)cc2F)c1F. The first-order chi connectivity index (χ1) is 10.3. The van der Waals surface area contributed by atoms with Gasteiger partial charge in [0.05, 0.1) is 18.2 Å². The minimum atomic E-state index is -4.72. The van der Waals surface area contributed by atoms with Gasteiger partial charge < -0.3 is 4.74 Å². The van der Waals surface area contributed by atoms with Crippen LogP contribution in [0, 0.1) is 11.6 Å². The maximum atomic E-state index is 14.2. The molecule has 0 amide bonds. The van der Waals surface area contributed by atoms with Crippen molar-refractivity contribution in [3.63, 3.8) is 0 Å². The number of pyridine rings is 1. The first-order valence-electron chi connectivity index (χ1n) is 5.85. The summed E-state index contributed by atoms with van der Waals surface area (Å²) >= 11 is 0. The van der Waals surface area contributed by atoms with Gasteiger partial charge in [-0.1, -0.05) is 0 Å². The van der Waals surface area contributed by atoms with Crippen LogP contribution in [0.25, 0.3) is 11.3 Å². The number of carbonyl (C=O) groups excluding carboxylic acids is 1. The third kappa shape index (κ3) is 2.90. The number of alkyl halides is 3. The molecule has 2 rings (SSSR count). The zero-order chi connectivity index (χ0) is 16.5. The fourth-order valence-corrected chi connectivity index (χ4v) is 1.78. The number of esters is 1. The monoisotopic (exact) mass is 317 g/mol. The molecule has 2 aromatic rings. The predicted octanol–water partition coefficient (Wildman–Crippen LogP) is 3.83. The maximum absolute atomic E-state index is 14.2. The van der Waals surface area contributed by atoms with E-state index in [1.54, 1.807) is 0 Å². The number of hydrogen-bond acceptors (Lipinski definition) is 3. The van der Waals surface area contributed by atoms with Crippen LogP contribution in [0.5, 0.6) is 0 Å². The maximum Gasteiger partial charge on any atom is 0.416 e. The number of ether oxygens (including phenoxy) is 1. The highest BCUT2D eigenvalue weighted by molar-refractivity contribution is 5.90. The van der Waals surface area contributed by atoms with Gasteiger partial charge in [0.1, 0.15) is 11.5 Å². The Morgan fingerprint density at radius 3 is 2.41 bits per heavy atom. The molecule has 0 N–H and O–H groups in total. The summed E-state index contributed by atoms with van der Waals surface area (Å²) < 4.78 is 69.8. The van der Waals surface area contributed by atoms with Crippen molar-refractivity contribution in [2.45, 2.75) is 6.18 Å². The van der Waals surface area contributed by atoms with Gasteiger partial charge >= 0.3 is 12.1 Å². The van der Waals surface area contributed by atoms with E-state index in [4.69, 9.17) is 0 Å². The molecule has 0 spiro atoms. The molecule has 0 unspecified atom stereocenters. The zero-order valence-corrected chi connectivity index (χ0v) is 11.0. The Kier molecular flexibility index (Phi) is 4.11. The fraction of sp³-hybridized carbons (Fsp3) is 0.143. The van der Waals surface area contributed by atoms with Crippen LogP contribution in [0.2, 0.25) is 0 Å². The number of nitrogens with zero attached hydrogens (tertiary/aromatic N) is 1. The zero-order valence-electron chi connectivity index (χ0n) is 11.0. The number of hydrogen-bond donors (Lipinski definition) is 0. The molecule has 8 heteroatoms. The second kappa shape index (κ2) is 5.70. The summed E-state index contributed by atoms with van der Waals surface area (Å²) in [6, 6.07) is 2.61. The van der Waals surface area contributed by atoms with E-state index in [2.05, 4.69) is 9.72 Å². The summed E-state index contributed by atoms with van der Waals surface area (Å²) in [7, 11) is 1.03. The minimum Gasteiger partial charge on any atom is -0.465 e. The number of aromatic nitrogens is 1. The van der Waals surface area contributed by atoms with E-state index in [0.29, 0.717) is 6.07 Å². The molecule has 0 saturated heterocycles. The van der Waals surface area contributed by atoms with Crippen LogP contribution >= 0.6 is 0 Å². The molecule has 0 aliphatic carbocycles. The summed E-state index contributed by atoms with van der Waals surface area (Å²) in [5.74, 6) is -3.48. The summed E-state index contributed by atoms with van der Waals surface area (Å²) in [6.45, 7) is 0. The van der Waals surface area contributed by atoms with E-state index in [1.807, 2.05) is 0 Å². The topological polar surface area (TPSA) is 39.2 Å². The lowest BCUT2D eigenvalue weighted by atomic mass is 10.0. The minimum absolute atomic E-state index is 0.237. The molecule has 0 aliphatic rings. The van der Waals surface area contributed by atoms with Crippen LogP contribution in [-0.4, -0.2) is 18.1 Å². The summed E-state index contributed by atoms with van der Waals surface area (Å²) in [5.41, 5.74) is -2.77. The van der Waals surface area contributed by atoms with Gasteiger partial charge in [-0.25, -0.2) is 13.6 Å². The molecular weight excluding hydrogens is 309 g/mol. The molecule has 0 fully saturated rings. The fourth-order valence-electron chi connectivity index (χ4n) is 1.78. The van der Waals surface area contributed by atoms with Gasteiger partial charge in [-0.2, -0.15) is 13.2 Å². The number of halogens is 5. The molecule has 0 bridgehead atoms. The quantitative estimate of drug-likeness (QED) is 0.624. The van der Waals surface area contributed by atoms with Gasteiger partial charge in [0.2, 0.25) is 0 Å². The molecule has 116 valence electrons. The van der Waals surface area contributed by atoms with Crippen LogP contribution in [-0.2, 0) is 10.9 Å². The summed E-state index contributed by atoms with van der Waals surface area (Å²) in [4.78, 5) is 14.9. The lowest BCUT2D eigenvalue weighted by Crippen LogP contribution is -2.08. The van der Waals surface area contributed by atoms with Crippen molar-refractivity contribution in [1.29, 1.82) is 0 Å². The number of benzene rings is 1. The van der Waals surface area contributed by atoms with Crippen molar-refractivity contribution in [2.24, 2.45) is 0 Å². The second-order valence-electron chi connectivity index (χ2n) is 4.21. The molecule has 22 heavy (non-hydrogen) atoms. The summed E-state index contributed by atoms with van der Waals surface area (Å²) in [6.07, 6.45) is -3.69. The third-order valence-electron chi connectivity index (χ3n) is 2.85. The molecule has 0 aliphatic heterocycles. The smallest absolute Gasteiger partial charge is 0.416 e. The highest BCUT2D eigenvalue weighted by Gasteiger charge is 2.31. The Balaban J connectivity index is 2.56. The number of rotatable bonds is 2. The van der Waals surface area contributed by atoms with E-state index in [9.17, 15) is 26.7 Å². The molecule has 1 aromatic carbocycles. The largest absolute Gasteiger partial charge is 0.465 e. The molecule has 1 aromatic heterocycles. The molecule has 3 nitrogen and oxygen atoms in total. The van der Waals surface area contributed by atoms with Crippen LogP contribution < -0.4 is 0 Å². The van der Waals surface area contributed by atoms with E-state index >= 15 is 0 Å². The Labute approximate surface area is 121 Å². The van der Waals surface area contributed by atoms with Crippen LogP contribution in [0.15, 0.2) is 30.5 Å². The van der Waals surface area contributed by atoms with Crippen molar-refractivity contribution in [2.75, 3.05) is 7.11 Å². The average molecular weight is 317 g/mol. The summed E-state index contributed by atoms with van der Waals surface area (Å²) in [5, 5.41) is 0. The van der Waals surface area contributed by atoms with Gasteiger partial charge in [0.25, 0.3) is 0 Å². The van der Waals surface area contributed by atoms with Crippen molar-refractivity contribution < 1.29 is 31.5 Å². The molecule has 0 atom stereocenters. The third-order valence-corrected chi connectivity index (χ3v) is 2.85. The highest BCUT2D eigenvalue weighted by Crippen LogP contribution is 2.33. The van der Waals surface area contributed by atoms with Gasteiger partial charge in [0.15, 0.2) is 5.82 Å². The first-order valence-corrected chi connectivity index (χ1v) is 5.85. The van der Waals surface area contributed by atoms with E-state index < -0.39 is 46.2 Å². The molecule has 0 saturated carbocycles. The predicted molar refractivity (Wildman–Crippen MR) is 65.9 cm³/mol. The van der Waals surface area contributed by atoms with Crippen molar-refractivity contribution in [3.8, 4) is 11.3 Å². The Hall–Kier alpha value is -2.51. The molecular formula is C14H8F5NO2. The number of methoxy groups -OCH3 is 1. The van der Waals surface area contributed by atoms with E-state index in [-0.39, 0.29) is 6.07 Å². The van der Waals surface area contributed by atoms with Crippen LogP contribution in [0.4, 0.5) is 22.0 Å². The lowest BCUT2D eigenvalue weighted by molar-refractivity contribution is -0.137. The molecule has 1 heterocycles. The number of carbonyl (C=O) groups is 1. The lowest BCUT2D eigenvalue weighted by Gasteiger charge is -2.10. The van der Waals surface area contributed by atoms with Crippen molar-refractivity contribution >= 4 is 5.97 Å². The Morgan fingerprint density at radius 1 is 1.18 bits per heavy atom. The van der Waals surface area contributed by atoms with Gasteiger partial charge in [0, 0.05) is 11.8 Å². The van der Waals surface area contributed by atoms with Crippen LogP contribution in [0.1, 0.15) is 15.9 Å². The Morgan fingerprint density at radius 2 is 1.86 bits per heavy atom.